The zero-order valence-electron chi connectivity index (χ0n) is 2.68. The summed E-state index contributed by atoms with van der Waals surface area (Å²) in [5.74, 6) is 0. The Hall–Kier alpha value is 2.33. The summed E-state index contributed by atoms with van der Waals surface area (Å²) in [6.07, 6.45) is 0. The molecule has 0 aliphatic carbocycles. The average molecular weight is 216 g/mol. The Morgan fingerprint density at radius 1 is 0.333 bits per heavy atom. The molecule has 6 heavy (non-hydrogen) atoms. The summed E-state index contributed by atoms with van der Waals surface area (Å²) in [6.45, 7) is 0. The molecule has 0 unspecified atom stereocenters. The van der Waals surface area contributed by atoms with Gasteiger partial charge in [-0.3, -0.25) is 0 Å². The van der Waals surface area contributed by atoms with Crippen LogP contribution in [0.3, 0.4) is 0 Å². The monoisotopic (exact) mass is 216 g/mol. The van der Waals surface area contributed by atoms with Crippen LogP contribution in [0.1, 0.15) is 0 Å². The van der Waals surface area contributed by atoms with Gasteiger partial charge >= 0.3 is 18.6 Å². The Bertz CT molecular complexity index is 3.90. The summed E-state index contributed by atoms with van der Waals surface area (Å²) in [5, 5.41) is 0. The smallest absolute Gasteiger partial charge is 0.813 e. The van der Waals surface area contributed by atoms with Crippen molar-refractivity contribution in [3.8, 4) is 0 Å². The van der Waals surface area contributed by atoms with Crippen LogP contribution in [0.15, 0.2) is 0 Å². The second kappa shape index (κ2) is 54.0. The van der Waals surface area contributed by atoms with Crippen molar-refractivity contribution in [2.75, 3.05) is 0 Å². The zero-order valence-corrected chi connectivity index (χ0v) is 8.55. The standard InChI is InChI=1S/5H2S.V/h5*1H2;/q;;;;;+5/p-5. The molecule has 0 radical (unpaired) electrons. The van der Waals surface area contributed by atoms with Gasteiger partial charge in [0.2, 0.25) is 0 Å². The third kappa shape index (κ3) is 33.1. The van der Waals surface area contributed by atoms with E-state index in [4.69, 9.17) is 0 Å². The SMILES string of the molecule is [SH-].[SH-].[SH-].[SH-].[SH-].[V+5]. The molecule has 0 aliphatic heterocycles. The minimum Gasteiger partial charge on any atom is -0.813 e. The quantitative estimate of drug-likeness (QED) is 0.361. The van der Waals surface area contributed by atoms with E-state index in [0.717, 1.165) is 0 Å². The van der Waals surface area contributed by atoms with Crippen LogP contribution in [0.25, 0.3) is 0 Å². The van der Waals surface area contributed by atoms with Crippen LogP contribution in [0.4, 0.5) is 0 Å². The normalized spacial score (nSPS) is 0. The summed E-state index contributed by atoms with van der Waals surface area (Å²) in [7, 11) is 0. The van der Waals surface area contributed by atoms with Crippen molar-refractivity contribution >= 4 is 67.5 Å². The molecular formula is H5S5V. The maximum Gasteiger partial charge on any atom is 5.00 e. The van der Waals surface area contributed by atoms with Crippen molar-refractivity contribution in [3.63, 3.8) is 0 Å². The van der Waals surface area contributed by atoms with Crippen molar-refractivity contribution < 1.29 is 18.6 Å². The summed E-state index contributed by atoms with van der Waals surface area (Å²) in [4.78, 5) is 0. The van der Waals surface area contributed by atoms with Crippen LogP contribution in [0, 0.1) is 0 Å². The van der Waals surface area contributed by atoms with Crippen molar-refractivity contribution in [1.82, 2.24) is 0 Å². The fraction of sp³-hybridized carbons (Fsp3) is 0. The molecule has 0 aromatic rings. The molecule has 0 heterocycles. The Balaban J connectivity index is 0. The molecule has 0 aliphatic rings. The first kappa shape index (κ1) is 82.3. The van der Waals surface area contributed by atoms with Crippen LogP contribution in [0.5, 0.6) is 0 Å². The van der Waals surface area contributed by atoms with E-state index in [0.29, 0.717) is 0 Å². The second-order valence-electron chi connectivity index (χ2n) is 0. The second-order valence-corrected chi connectivity index (χ2v) is 0. The van der Waals surface area contributed by atoms with E-state index in [9.17, 15) is 0 Å². The van der Waals surface area contributed by atoms with Gasteiger partial charge in [0.25, 0.3) is 0 Å². The van der Waals surface area contributed by atoms with Crippen molar-refractivity contribution in [1.29, 1.82) is 0 Å². The van der Waals surface area contributed by atoms with Gasteiger partial charge in [-0.2, -0.15) is 0 Å². The minimum atomic E-state index is 0. The molecule has 0 N–H and O–H groups in total. The maximum absolute atomic E-state index is 0. The third-order valence-corrected chi connectivity index (χ3v) is 0. The van der Waals surface area contributed by atoms with Crippen molar-refractivity contribution in [3.05, 3.63) is 0 Å². The zero-order chi connectivity index (χ0) is 0. The minimum absolute atomic E-state index is 0. The molecular weight excluding hydrogens is 211 g/mol. The van der Waals surface area contributed by atoms with E-state index >= 15 is 0 Å². The Morgan fingerprint density at radius 2 is 0.333 bits per heavy atom. The molecule has 0 saturated carbocycles. The Kier molecular flexibility index (Phi) is 740. The fourth-order valence-electron chi connectivity index (χ4n) is 0. The molecule has 0 amide bonds. The Morgan fingerprint density at radius 3 is 0.333 bits per heavy atom. The van der Waals surface area contributed by atoms with Crippen LogP contribution in [-0.2, 0) is 86.0 Å². The van der Waals surface area contributed by atoms with Gasteiger partial charge < -0.3 is 67.5 Å². The number of thiol groups is 5. The van der Waals surface area contributed by atoms with Gasteiger partial charge in [-0.25, -0.2) is 0 Å². The van der Waals surface area contributed by atoms with Crippen LogP contribution >= 0.6 is 0 Å². The summed E-state index contributed by atoms with van der Waals surface area (Å²) in [6, 6.07) is 0. The van der Waals surface area contributed by atoms with E-state index in [-0.39, 0.29) is 86.0 Å². The summed E-state index contributed by atoms with van der Waals surface area (Å²) < 4.78 is 0. The molecule has 0 nitrogen and oxygen atoms in total. The fourth-order valence-corrected chi connectivity index (χ4v) is 0. The molecule has 0 aromatic carbocycles. The van der Waals surface area contributed by atoms with Crippen LogP contribution < -0.4 is 0 Å². The molecule has 40 valence electrons. The van der Waals surface area contributed by atoms with Gasteiger partial charge in [0.15, 0.2) is 0 Å². The summed E-state index contributed by atoms with van der Waals surface area (Å²) in [5.41, 5.74) is 0. The molecule has 0 fully saturated rings. The van der Waals surface area contributed by atoms with Gasteiger partial charge in [-0.05, 0) is 0 Å². The van der Waals surface area contributed by atoms with Crippen LogP contribution in [0.2, 0.25) is 0 Å². The first-order valence-electron chi connectivity index (χ1n) is 0. The third-order valence-electron chi connectivity index (χ3n) is 0. The number of hydrogen-bond donors (Lipinski definition) is 0. The molecule has 0 spiro atoms. The first-order chi connectivity index (χ1) is 0. The largest absolute Gasteiger partial charge is 5.00 e. The predicted molar refractivity (Wildman–Crippen MR) is 43.8 cm³/mol. The van der Waals surface area contributed by atoms with E-state index in [1.165, 1.54) is 0 Å². The predicted octanol–water partition coefficient (Wildman–Crippen LogP) is -1.35. The summed E-state index contributed by atoms with van der Waals surface area (Å²) >= 11 is 0. The van der Waals surface area contributed by atoms with E-state index in [2.05, 4.69) is 0 Å². The number of rotatable bonds is 0. The van der Waals surface area contributed by atoms with Crippen LogP contribution in [-0.4, -0.2) is 0 Å². The molecule has 0 atom stereocenters. The average Bonchev–Trinajstić information content (AvgIpc) is 0. The van der Waals surface area contributed by atoms with Crippen molar-refractivity contribution in [2.45, 2.75) is 0 Å². The topological polar surface area (TPSA) is 0 Å². The molecule has 6 heteroatoms. The molecule has 0 saturated heterocycles. The van der Waals surface area contributed by atoms with Gasteiger partial charge in [0, 0.05) is 0 Å². The maximum atomic E-state index is 0. The van der Waals surface area contributed by atoms with Gasteiger partial charge in [0.1, 0.15) is 0 Å². The van der Waals surface area contributed by atoms with E-state index in [1.54, 1.807) is 0 Å². The van der Waals surface area contributed by atoms with E-state index < -0.39 is 0 Å². The van der Waals surface area contributed by atoms with Gasteiger partial charge in [-0.1, -0.05) is 0 Å². The first-order valence-corrected chi connectivity index (χ1v) is 0. The van der Waals surface area contributed by atoms with E-state index in [1.807, 2.05) is 0 Å². The van der Waals surface area contributed by atoms with Crippen molar-refractivity contribution in [2.24, 2.45) is 0 Å². The molecule has 0 aromatic heterocycles. The van der Waals surface area contributed by atoms with Gasteiger partial charge in [-0.15, -0.1) is 0 Å². The molecule has 0 bridgehead atoms. The number of hydrogen-bond acceptors (Lipinski definition) is 5. The molecule has 0 rings (SSSR count). The van der Waals surface area contributed by atoms with Gasteiger partial charge in [0.05, 0.1) is 0 Å². The Labute approximate surface area is 85.3 Å².